The van der Waals surface area contributed by atoms with Crippen LogP contribution in [0.1, 0.15) is 44.6 Å². The molecule has 0 aromatic heterocycles. The second-order valence-corrected chi connectivity index (χ2v) is 5.55. The highest BCUT2D eigenvalue weighted by atomic mass is 35.5. The monoisotopic (exact) mass is 287 g/mol. The van der Waals surface area contributed by atoms with E-state index in [4.69, 9.17) is 23.2 Å². The van der Waals surface area contributed by atoms with E-state index in [0.717, 1.165) is 22.0 Å². The lowest BCUT2D eigenvalue weighted by Gasteiger charge is -2.17. The molecule has 0 aliphatic carbocycles. The molecule has 0 radical (unpaired) electrons. The number of hydrogen-bond donors (Lipinski definition) is 1. The molecule has 0 saturated carbocycles. The van der Waals surface area contributed by atoms with Crippen molar-refractivity contribution in [2.75, 3.05) is 7.05 Å². The van der Waals surface area contributed by atoms with Gasteiger partial charge in [-0.3, -0.25) is 0 Å². The highest BCUT2D eigenvalue weighted by Crippen LogP contribution is 2.26. The van der Waals surface area contributed by atoms with Crippen molar-refractivity contribution >= 4 is 23.2 Å². The van der Waals surface area contributed by atoms with Gasteiger partial charge in [0.2, 0.25) is 0 Å². The number of hydrogen-bond acceptors (Lipinski definition) is 1. The number of benzene rings is 1. The Labute approximate surface area is 121 Å². The van der Waals surface area contributed by atoms with Crippen LogP contribution in [0.5, 0.6) is 0 Å². The van der Waals surface area contributed by atoms with Crippen LogP contribution in [0.25, 0.3) is 0 Å². The number of nitrogens with one attached hydrogen (secondary N) is 1. The van der Waals surface area contributed by atoms with Gasteiger partial charge in [-0.15, -0.1) is 0 Å². The molecule has 0 aliphatic heterocycles. The van der Waals surface area contributed by atoms with E-state index in [1.165, 1.54) is 32.1 Å². The first-order chi connectivity index (χ1) is 8.69. The first kappa shape index (κ1) is 15.8. The average Bonchev–Trinajstić information content (AvgIpc) is 2.36. The van der Waals surface area contributed by atoms with Gasteiger partial charge in [-0.1, -0.05) is 61.9 Å². The third-order valence-corrected chi connectivity index (χ3v) is 4.03. The molecule has 1 unspecified atom stereocenters. The summed E-state index contributed by atoms with van der Waals surface area (Å²) in [5, 5.41) is 4.91. The maximum absolute atomic E-state index is 6.20. The fourth-order valence-corrected chi connectivity index (χ4v) is 2.69. The molecule has 102 valence electrons. The molecule has 1 N–H and O–H groups in total. The van der Waals surface area contributed by atoms with Crippen LogP contribution in [-0.4, -0.2) is 13.1 Å². The highest BCUT2D eigenvalue weighted by Gasteiger charge is 2.12. The van der Waals surface area contributed by atoms with Crippen LogP contribution in [0.4, 0.5) is 0 Å². The third-order valence-electron chi connectivity index (χ3n) is 3.33. The number of rotatable bonds is 8. The van der Waals surface area contributed by atoms with Gasteiger partial charge in [-0.05, 0) is 37.6 Å². The topological polar surface area (TPSA) is 12.0 Å². The lowest BCUT2D eigenvalue weighted by Crippen LogP contribution is -2.27. The van der Waals surface area contributed by atoms with Crippen molar-refractivity contribution in [3.8, 4) is 0 Å². The van der Waals surface area contributed by atoms with Crippen LogP contribution in [0.2, 0.25) is 10.0 Å². The highest BCUT2D eigenvalue weighted by molar-refractivity contribution is 6.35. The van der Waals surface area contributed by atoms with E-state index in [1.807, 2.05) is 25.2 Å². The van der Waals surface area contributed by atoms with Gasteiger partial charge < -0.3 is 5.32 Å². The molecule has 1 rings (SSSR count). The third kappa shape index (κ3) is 5.17. The molecule has 1 aromatic carbocycles. The van der Waals surface area contributed by atoms with E-state index in [1.54, 1.807) is 0 Å². The maximum atomic E-state index is 6.20. The van der Waals surface area contributed by atoms with E-state index in [-0.39, 0.29) is 0 Å². The summed E-state index contributed by atoms with van der Waals surface area (Å²) in [5.74, 6) is 0. The van der Waals surface area contributed by atoms with E-state index >= 15 is 0 Å². The average molecular weight is 288 g/mol. The minimum absolute atomic E-state index is 0.458. The molecule has 0 saturated heterocycles. The maximum Gasteiger partial charge on any atom is 0.0453 e. The molecule has 0 heterocycles. The number of unbranched alkanes of at least 4 members (excludes halogenated alkanes) is 3. The second-order valence-electron chi connectivity index (χ2n) is 4.74. The fraction of sp³-hybridized carbons (Fsp3) is 0.600. The van der Waals surface area contributed by atoms with Gasteiger partial charge in [0.1, 0.15) is 0 Å². The smallest absolute Gasteiger partial charge is 0.0453 e. The molecular weight excluding hydrogens is 265 g/mol. The molecule has 3 heteroatoms. The molecule has 0 bridgehead atoms. The largest absolute Gasteiger partial charge is 0.317 e. The lowest BCUT2D eigenvalue weighted by atomic mass is 10.00. The molecule has 0 aliphatic rings. The minimum atomic E-state index is 0.458. The summed E-state index contributed by atoms with van der Waals surface area (Å²) in [6, 6.07) is 6.17. The Morgan fingerprint density at radius 3 is 2.33 bits per heavy atom. The van der Waals surface area contributed by atoms with Gasteiger partial charge in [-0.2, -0.15) is 0 Å². The molecule has 1 atom stereocenters. The molecule has 0 spiro atoms. The summed E-state index contributed by atoms with van der Waals surface area (Å²) >= 11 is 12.4. The molecule has 0 amide bonds. The quantitative estimate of drug-likeness (QED) is 0.657. The predicted molar refractivity (Wildman–Crippen MR) is 81.8 cm³/mol. The van der Waals surface area contributed by atoms with Crippen molar-refractivity contribution in [3.05, 3.63) is 33.8 Å². The summed E-state index contributed by atoms with van der Waals surface area (Å²) in [6.07, 6.45) is 7.26. The van der Waals surface area contributed by atoms with Crippen LogP contribution in [0.15, 0.2) is 18.2 Å². The predicted octanol–water partition coefficient (Wildman–Crippen LogP) is 5.09. The first-order valence-corrected chi connectivity index (χ1v) is 7.54. The zero-order chi connectivity index (χ0) is 13.4. The van der Waals surface area contributed by atoms with E-state index in [9.17, 15) is 0 Å². The van der Waals surface area contributed by atoms with Crippen molar-refractivity contribution < 1.29 is 0 Å². The standard InChI is InChI=1S/C15H23Cl2N/c1-3-4-5-6-8-12(18-2)11-13-14(16)9-7-10-15(13)17/h7,9-10,12,18H,3-6,8,11H2,1-2H3. The Balaban J connectivity index is 2.52. The van der Waals surface area contributed by atoms with Crippen LogP contribution in [0, 0.1) is 0 Å². The van der Waals surface area contributed by atoms with Gasteiger partial charge in [0.15, 0.2) is 0 Å². The van der Waals surface area contributed by atoms with Crippen molar-refractivity contribution in [1.29, 1.82) is 0 Å². The van der Waals surface area contributed by atoms with Crippen LogP contribution in [-0.2, 0) is 6.42 Å². The Morgan fingerprint density at radius 1 is 1.11 bits per heavy atom. The van der Waals surface area contributed by atoms with Gasteiger partial charge in [0.05, 0.1) is 0 Å². The number of likely N-dealkylation sites (N-methyl/N-ethyl adjacent to an activating group) is 1. The molecular formula is C15H23Cl2N. The summed E-state index contributed by atoms with van der Waals surface area (Å²) in [5.41, 5.74) is 1.07. The Bertz CT molecular complexity index is 332. The van der Waals surface area contributed by atoms with Crippen LogP contribution in [0.3, 0.4) is 0 Å². The second kappa shape index (κ2) is 8.79. The normalized spacial score (nSPS) is 12.7. The zero-order valence-electron chi connectivity index (χ0n) is 11.3. The van der Waals surface area contributed by atoms with E-state index < -0.39 is 0 Å². The Morgan fingerprint density at radius 2 is 1.78 bits per heavy atom. The zero-order valence-corrected chi connectivity index (χ0v) is 12.8. The van der Waals surface area contributed by atoms with Crippen molar-refractivity contribution in [3.63, 3.8) is 0 Å². The van der Waals surface area contributed by atoms with Crippen molar-refractivity contribution in [1.82, 2.24) is 5.32 Å². The van der Waals surface area contributed by atoms with Crippen molar-refractivity contribution in [2.24, 2.45) is 0 Å². The summed E-state index contributed by atoms with van der Waals surface area (Å²) < 4.78 is 0. The van der Waals surface area contributed by atoms with Crippen LogP contribution < -0.4 is 5.32 Å². The van der Waals surface area contributed by atoms with Gasteiger partial charge in [0.25, 0.3) is 0 Å². The fourth-order valence-electron chi connectivity index (χ4n) is 2.14. The molecule has 0 fully saturated rings. The first-order valence-electron chi connectivity index (χ1n) is 6.79. The molecule has 1 nitrogen and oxygen atoms in total. The summed E-state index contributed by atoms with van der Waals surface area (Å²) in [6.45, 7) is 2.24. The molecule has 18 heavy (non-hydrogen) atoms. The van der Waals surface area contributed by atoms with Gasteiger partial charge >= 0.3 is 0 Å². The van der Waals surface area contributed by atoms with Crippen molar-refractivity contribution in [2.45, 2.75) is 51.5 Å². The SMILES string of the molecule is CCCCCCC(Cc1c(Cl)cccc1Cl)NC. The lowest BCUT2D eigenvalue weighted by molar-refractivity contribution is 0.485. The van der Waals surface area contributed by atoms with E-state index in [2.05, 4.69) is 12.2 Å². The minimum Gasteiger partial charge on any atom is -0.317 e. The summed E-state index contributed by atoms with van der Waals surface area (Å²) in [4.78, 5) is 0. The van der Waals surface area contributed by atoms with Gasteiger partial charge in [-0.25, -0.2) is 0 Å². The summed E-state index contributed by atoms with van der Waals surface area (Å²) in [7, 11) is 2.01. The van der Waals surface area contributed by atoms with Gasteiger partial charge in [0, 0.05) is 16.1 Å². The molecule has 1 aromatic rings. The Kier molecular flexibility index (Phi) is 7.73. The van der Waals surface area contributed by atoms with Crippen LogP contribution >= 0.6 is 23.2 Å². The number of halogens is 2. The van der Waals surface area contributed by atoms with E-state index in [0.29, 0.717) is 6.04 Å². The Hall–Kier alpha value is -0.240.